The van der Waals surface area contributed by atoms with Gasteiger partial charge in [0, 0.05) is 0 Å². The van der Waals surface area contributed by atoms with Gasteiger partial charge in [-0.05, 0) is 13.8 Å². The maximum absolute atomic E-state index is 5.88. The number of anilines is 1. The molecule has 2 heterocycles. The van der Waals surface area contributed by atoms with E-state index < -0.39 is 0 Å². The van der Waals surface area contributed by atoms with E-state index in [-0.39, 0.29) is 0 Å². The minimum atomic E-state index is 0.364. The first-order valence-electron chi connectivity index (χ1n) is 5.36. The van der Waals surface area contributed by atoms with Crippen LogP contribution in [0.5, 0.6) is 11.8 Å². The van der Waals surface area contributed by atoms with Gasteiger partial charge < -0.3 is 15.2 Å². The minimum Gasteiger partial charge on any atom is -0.481 e. The molecule has 0 aliphatic rings. The van der Waals surface area contributed by atoms with Gasteiger partial charge in [0.25, 0.3) is 5.95 Å². The second-order valence-electron chi connectivity index (χ2n) is 3.75. The van der Waals surface area contributed by atoms with Crippen LogP contribution >= 0.6 is 0 Å². The smallest absolute Gasteiger partial charge is 0.257 e. The Morgan fingerprint density at radius 3 is 2.06 bits per heavy atom. The van der Waals surface area contributed by atoms with Crippen molar-refractivity contribution in [3.63, 3.8) is 0 Å². The van der Waals surface area contributed by atoms with Gasteiger partial charge in [0.2, 0.25) is 11.8 Å². The molecular weight excluding hydrogens is 234 g/mol. The molecule has 0 aliphatic heterocycles. The number of hydrogen-bond acceptors (Lipinski definition) is 6. The van der Waals surface area contributed by atoms with E-state index in [1.165, 1.54) is 14.2 Å². The lowest BCUT2D eigenvalue weighted by atomic mass is 10.3. The number of aryl methyl sites for hydroxylation is 1. The third kappa shape index (κ3) is 1.94. The number of nitrogens with zero attached hydrogens (tertiary/aromatic N) is 4. The molecule has 0 aromatic carbocycles. The van der Waals surface area contributed by atoms with Crippen molar-refractivity contribution < 1.29 is 9.47 Å². The highest BCUT2D eigenvalue weighted by Crippen LogP contribution is 2.21. The van der Waals surface area contributed by atoms with Crippen LogP contribution in [0.15, 0.2) is 6.07 Å². The molecule has 0 fully saturated rings. The van der Waals surface area contributed by atoms with E-state index in [9.17, 15) is 0 Å². The molecule has 0 radical (unpaired) electrons. The third-order valence-corrected chi connectivity index (χ3v) is 2.62. The van der Waals surface area contributed by atoms with E-state index in [1.807, 2.05) is 13.8 Å². The van der Waals surface area contributed by atoms with Crippen molar-refractivity contribution in [2.75, 3.05) is 20.0 Å². The van der Waals surface area contributed by atoms with Crippen molar-refractivity contribution in [1.29, 1.82) is 0 Å². The Morgan fingerprint density at radius 1 is 1.11 bits per heavy atom. The number of ether oxygens (including phenoxy) is 2. The fraction of sp³-hybridized carbons (Fsp3) is 0.364. The van der Waals surface area contributed by atoms with Crippen LogP contribution in [-0.2, 0) is 0 Å². The van der Waals surface area contributed by atoms with Crippen LogP contribution in [0.4, 0.5) is 5.69 Å². The number of rotatable bonds is 3. The van der Waals surface area contributed by atoms with Crippen LogP contribution in [0, 0.1) is 13.8 Å². The van der Waals surface area contributed by atoms with Crippen LogP contribution in [0.3, 0.4) is 0 Å². The fourth-order valence-electron chi connectivity index (χ4n) is 1.55. The lowest BCUT2D eigenvalue weighted by Gasteiger charge is -2.07. The Kier molecular flexibility index (Phi) is 3.05. The lowest BCUT2D eigenvalue weighted by molar-refractivity contribution is 0.369. The molecule has 0 aliphatic carbocycles. The monoisotopic (exact) mass is 249 g/mol. The van der Waals surface area contributed by atoms with Gasteiger partial charge in [-0.15, -0.1) is 0 Å². The maximum atomic E-state index is 5.88. The van der Waals surface area contributed by atoms with E-state index >= 15 is 0 Å². The van der Waals surface area contributed by atoms with Gasteiger partial charge >= 0.3 is 0 Å². The largest absolute Gasteiger partial charge is 0.481 e. The van der Waals surface area contributed by atoms with Crippen molar-refractivity contribution in [2.45, 2.75) is 13.8 Å². The first kappa shape index (κ1) is 12.2. The third-order valence-electron chi connectivity index (χ3n) is 2.62. The predicted octanol–water partition coefficient (Wildman–Crippen LogP) is 0.879. The number of nitrogens with two attached hydrogens (primary N) is 1. The number of hydrogen-bond donors (Lipinski definition) is 1. The number of aromatic nitrogens is 4. The summed E-state index contributed by atoms with van der Waals surface area (Å²) in [6, 6.07) is 1.60. The molecule has 18 heavy (non-hydrogen) atoms. The zero-order valence-corrected chi connectivity index (χ0v) is 10.8. The first-order chi connectivity index (χ1) is 8.56. The topological polar surface area (TPSA) is 88.1 Å². The van der Waals surface area contributed by atoms with Gasteiger partial charge in [0.05, 0.1) is 37.4 Å². The van der Waals surface area contributed by atoms with Gasteiger partial charge in [-0.25, -0.2) is 4.68 Å². The van der Waals surface area contributed by atoms with Crippen molar-refractivity contribution >= 4 is 5.69 Å². The summed E-state index contributed by atoms with van der Waals surface area (Å²) in [5.74, 6) is 1.18. The van der Waals surface area contributed by atoms with Crippen molar-refractivity contribution in [2.24, 2.45) is 0 Å². The number of methoxy groups -OCH3 is 2. The highest BCUT2D eigenvalue weighted by atomic mass is 16.5. The van der Waals surface area contributed by atoms with Crippen LogP contribution in [-0.4, -0.2) is 34.0 Å². The van der Waals surface area contributed by atoms with E-state index in [2.05, 4.69) is 15.1 Å². The summed E-state index contributed by atoms with van der Waals surface area (Å²) in [4.78, 5) is 8.43. The molecule has 2 aromatic rings. The Bertz CT molecular complexity index is 557. The van der Waals surface area contributed by atoms with E-state index in [1.54, 1.807) is 10.7 Å². The van der Waals surface area contributed by atoms with Crippen LogP contribution in [0.2, 0.25) is 0 Å². The SMILES string of the molecule is COc1cc(OC)nc(-n2nc(C)c(N)c2C)n1. The summed E-state index contributed by atoms with van der Waals surface area (Å²) in [5, 5.41) is 4.29. The van der Waals surface area contributed by atoms with Crippen molar-refractivity contribution in [1.82, 2.24) is 19.7 Å². The normalized spacial score (nSPS) is 10.4. The molecule has 2 N–H and O–H groups in total. The molecule has 0 saturated heterocycles. The van der Waals surface area contributed by atoms with Crippen molar-refractivity contribution in [3.8, 4) is 17.7 Å². The molecule has 7 nitrogen and oxygen atoms in total. The average molecular weight is 249 g/mol. The van der Waals surface area contributed by atoms with E-state index in [0.717, 1.165) is 11.4 Å². The highest BCUT2D eigenvalue weighted by molar-refractivity contribution is 5.49. The van der Waals surface area contributed by atoms with Crippen LogP contribution in [0.25, 0.3) is 5.95 Å². The zero-order valence-electron chi connectivity index (χ0n) is 10.8. The molecule has 0 unspecified atom stereocenters. The summed E-state index contributed by atoms with van der Waals surface area (Å²) in [5.41, 5.74) is 8.02. The molecule has 7 heteroatoms. The summed E-state index contributed by atoms with van der Waals surface area (Å²) in [7, 11) is 3.06. The van der Waals surface area contributed by atoms with Crippen molar-refractivity contribution in [3.05, 3.63) is 17.5 Å². The van der Waals surface area contributed by atoms with Gasteiger partial charge in [-0.1, -0.05) is 0 Å². The Hall–Kier alpha value is -2.31. The lowest BCUT2D eigenvalue weighted by Crippen LogP contribution is -2.07. The standard InChI is InChI=1S/C11H15N5O2/c1-6-10(12)7(2)16(15-6)11-13-8(17-3)5-9(14-11)18-4/h5H,12H2,1-4H3. The maximum Gasteiger partial charge on any atom is 0.257 e. The first-order valence-corrected chi connectivity index (χ1v) is 5.36. The zero-order chi connectivity index (χ0) is 13.3. The summed E-state index contributed by atoms with van der Waals surface area (Å²) >= 11 is 0. The number of nitrogen functional groups attached to an aromatic ring is 1. The molecular formula is C11H15N5O2. The highest BCUT2D eigenvalue weighted by Gasteiger charge is 2.14. The molecule has 0 spiro atoms. The van der Waals surface area contributed by atoms with Crippen LogP contribution < -0.4 is 15.2 Å². The molecule has 2 aromatic heterocycles. The average Bonchev–Trinajstić information content (AvgIpc) is 2.65. The van der Waals surface area contributed by atoms with Gasteiger partial charge in [0.15, 0.2) is 0 Å². The van der Waals surface area contributed by atoms with Crippen LogP contribution in [0.1, 0.15) is 11.4 Å². The van der Waals surface area contributed by atoms with Gasteiger partial charge in [-0.3, -0.25) is 0 Å². The molecule has 2 rings (SSSR count). The molecule has 96 valence electrons. The minimum absolute atomic E-state index is 0.364. The molecule has 0 saturated carbocycles. The Morgan fingerprint density at radius 2 is 1.67 bits per heavy atom. The van der Waals surface area contributed by atoms with Gasteiger partial charge in [-0.2, -0.15) is 15.1 Å². The Balaban J connectivity index is 2.59. The van der Waals surface area contributed by atoms with Gasteiger partial charge in [0.1, 0.15) is 0 Å². The second-order valence-corrected chi connectivity index (χ2v) is 3.75. The summed E-state index contributed by atoms with van der Waals surface area (Å²) < 4.78 is 11.7. The second kappa shape index (κ2) is 4.52. The van der Waals surface area contributed by atoms with E-state index in [0.29, 0.717) is 23.4 Å². The molecule has 0 atom stereocenters. The molecule has 0 bridgehead atoms. The molecule has 0 amide bonds. The quantitative estimate of drug-likeness (QED) is 0.868. The Labute approximate surface area is 105 Å². The predicted molar refractivity (Wildman–Crippen MR) is 66.1 cm³/mol. The fourth-order valence-corrected chi connectivity index (χ4v) is 1.55. The summed E-state index contributed by atoms with van der Waals surface area (Å²) in [6.45, 7) is 3.68. The van der Waals surface area contributed by atoms with E-state index in [4.69, 9.17) is 15.2 Å². The summed E-state index contributed by atoms with van der Waals surface area (Å²) in [6.07, 6.45) is 0.